The topological polar surface area (TPSA) is 60.9 Å². The van der Waals surface area contributed by atoms with Crippen LogP contribution in [0.3, 0.4) is 0 Å². The molecule has 23 heavy (non-hydrogen) atoms. The average molecular weight is 314 g/mol. The molecular formula is C17H18N2O4. The molecule has 0 unspecified atom stereocenters. The molecule has 0 spiro atoms. The molecule has 1 aromatic carbocycles. The summed E-state index contributed by atoms with van der Waals surface area (Å²) >= 11 is 0. The molecule has 0 saturated heterocycles. The summed E-state index contributed by atoms with van der Waals surface area (Å²) in [6, 6.07) is 9.28. The Hall–Kier alpha value is -2.76. The molecule has 1 aromatic heterocycles. The molecule has 0 saturated carbocycles. The molecule has 1 aliphatic rings. The lowest BCUT2D eigenvalue weighted by molar-refractivity contribution is 0.0600. The first kappa shape index (κ1) is 15.1. The summed E-state index contributed by atoms with van der Waals surface area (Å²) in [6.45, 7) is 2.74. The van der Waals surface area contributed by atoms with E-state index in [0.29, 0.717) is 17.9 Å². The van der Waals surface area contributed by atoms with E-state index >= 15 is 0 Å². The molecule has 0 bridgehead atoms. The van der Waals surface area contributed by atoms with Crippen LogP contribution in [0.1, 0.15) is 21.6 Å². The number of benzene rings is 1. The van der Waals surface area contributed by atoms with Crippen LogP contribution in [-0.2, 0) is 11.3 Å². The zero-order valence-corrected chi connectivity index (χ0v) is 13.3. The first-order valence-corrected chi connectivity index (χ1v) is 7.23. The van der Waals surface area contributed by atoms with Crippen molar-refractivity contribution < 1.29 is 19.0 Å². The predicted octanol–water partition coefficient (Wildman–Crippen LogP) is 2.54. The molecule has 0 N–H and O–H groups in total. The second-order valence-electron chi connectivity index (χ2n) is 5.39. The number of rotatable bonds is 4. The highest BCUT2D eigenvalue weighted by Crippen LogP contribution is 2.33. The molecule has 0 aliphatic carbocycles. The minimum atomic E-state index is -0.367. The summed E-state index contributed by atoms with van der Waals surface area (Å²) in [6.07, 6.45) is 0. The Balaban J connectivity index is 1.81. The molecule has 0 atom stereocenters. The normalized spacial score (nSPS) is 12.1. The number of fused-ring (bicyclic) bond motifs is 1. The summed E-state index contributed by atoms with van der Waals surface area (Å²) in [7, 11) is 3.29. The number of aromatic nitrogens is 1. The Morgan fingerprint density at radius 2 is 2.04 bits per heavy atom. The highest BCUT2D eigenvalue weighted by atomic mass is 16.7. The monoisotopic (exact) mass is 314 g/mol. The molecule has 3 rings (SSSR count). The van der Waals surface area contributed by atoms with Gasteiger partial charge in [0, 0.05) is 19.3 Å². The zero-order chi connectivity index (χ0) is 16.4. The Morgan fingerprint density at radius 1 is 1.26 bits per heavy atom. The van der Waals surface area contributed by atoms with Crippen molar-refractivity contribution in [3.8, 4) is 11.5 Å². The van der Waals surface area contributed by atoms with Crippen molar-refractivity contribution in [1.29, 1.82) is 0 Å². The molecule has 6 heteroatoms. The van der Waals surface area contributed by atoms with Gasteiger partial charge in [-0.25, -0.2) is 9.78 Å². The van der Waals surface area contributed by atoms with Gasteiger partial charge in [0.15, 0.2) is 11.5 Å². The van der Waals surface area contributed by atoms with Crippen molar-refractivity contribution in [2.75, 3.05) is 25.9 Å². The Morgan fingerprint density at radius 3 is 2.83 bits per heavy atom. The van der Waals surface area contributed by atoms with Crippen molar-refractivity contribution in [3.63, 3.8) is 0 Å². The van der Waals surface area contributed by atoms with E-state index in [-0.39, 0.29) is 12.8 Å². The molecule has 1 aliphatic heterocycles. The third-order valence-electron chi connectivity index (χ3n) is 3.61. The van der Waals surface area contributed by atoms with Gasteiger partial charge in [-0.3, -0.25) is 0 Å². The highest BCUT2D eigenvalue weighted by Gasteiger charge is 2.15. The van der Waals surface area contributed by atoms with Crippen molar-refractivity contribution in [3.05, 3.63) is 47.2 Å². The summed E-state index contributed by atoms with van der Waals surface area (Å²) in [5.74, 6) is 1.86. The summed E-state index contributed by atoms with van der Waals surface area (Å²) in [5, 5.41) is 0. The van der Waals surface area contributed by atoms with E-state index in [1.54, 1.807) is 12.1 Å². The summed E-state index contributed by atoms with van der Waals surface area (Å²) < 4.78 is 15.5. The molecule has 2 heterocycles. The van der Waals surface area contributed by atoms with Crippen LogP contribution in [0.25, 0.3) is 0 Å². The summed E-state index contributed by atoms with van der Waals surface area (Å²) in [5.41, 5.74) is 2.33. The number of carbonyl (C=O) groups excluding carboxylic acids is 1. The van der Waals surface area contributed by atoms with Crippen molar-refractivity contribution in [2.45, 2.75) is 13.5 Å². The maximum absolute atomic E-state index is 11.7. The van der Waals surface area contributed by atoms with Crippen LogP contribution in [-0.4, -0.2) is 31.9 Å². The molecule has 120 valence electrons. The SMILES string of the molecule is COC(=O)c1cc(C)nc(N(C)Cc2ccc3c(c2)OCO3)c1. The smallest absolute Gasteiger partial charge is 0.338 e. The minimum Gasteiger partial charge on any atom is -0.465 e. The lowest BCUT2D eigenvalue weighted by Crippen LogP contribution is -2.19. The number of hydrogen-bond acceptors (Lipinski definition) is 6. The van der Waals surface area contributed by atoms with E-state index in [1.165, 1.54) is 7.11 Å². The number of aryl methyl sites for hydroxylation is 1. The Labute approximate surface area is 134 Å². The molecular weight excluding hydrogens is 296 g/mol. The molecule has 0 radical (unpaired) electrons. The zero-order valence-electron chi connectivity index (χ0n) is 13.3. The van der Waals surface area contributed by atoms with E-state index in [1.807, 2.05) is 37.1 Å². The first-order chi connectivity index (χ1) is 11.1. The van der Waals surface area contributed by atoms with Gasteiger partial charge in [-0.05, 0) is 36.8 Å². The number of nitrogens with zero attached hydrogens (tertiary/aromatic N) is 2. The van der Waals surface area contributed by atoms with Crippen molar-refractivity contribution in [2.24, 2.45) is 0 Å². The maximum Gasteiger partial charge on any atom is 0.338 e. The second-order valence-corrected chi connectivity index (χ2v) is 5.39. The standard InChI is InChI=1S/C17H18N2O4/c1-11-6-13(17(20)21-3)8-16(18-11)19(2)9-12-4-5-14-15(7-12)23-10-22-14/h4-8H,9-10H2,1-3H3. The number of pyridine rings is 1. The van der Waals surface area contributed by atoms with Gasteiger partial charge in [-0.1, -0.05) is 6.07 Å². The molecule has 2 aromatic rings. The van der Waals surface area contributed by atoms with Crippen LogP contribution in [0.15, 0.2) is 30.3 Å². The third-order valence-corrected chi connectivity index (χ3v) is 3.61. The Bertz CT molecular complexity index is 745. The molecule has 0 fully saturated rings. The number of methoxy groups -OCH3 is 1. The van der Waals surface area contributed by atoms with E-state index < -0.39 is 0 Å². The third kappa shape index (κ3) is 3.21. The van der Waals surface area contributed by atoms with Crippen LogP contribution < -0.4 is 14.4 Å². The number of carbonyl (C=O) groups is 1. The van der Waals surface area contributed by atoms with Crippen LogP contribution in [0.5, 0.6) is 11.5 Å². The molecule has 6 nitrogen and oxygen atoms in total. The van der Waals surface area contributed by atoms with E-state index in [2.05, 4.69) is 4.98 Å². The quantitative estimate of drug-likeness (QED) is 0.808. The van der Waals surface area contributed by atoms with Gasteiger partial charge in [0.25, 0.3) is 0 Å². The summed E-state index contributed by atoms with van der Waals surface area (Å²) in [4.78, 5) is 18.2. The first-order valence-electron chi connectivity index (χ1n) is 7.23. The molecule has 0 amide bonds. The lowest BCUT2D eigenvalue weighted by Gasteiger charge is -2.19. The lowest BCUT2D eigenvalue weighted by atomic mass is 10.2. The average Bonchev–Trinajstić information content (AvgIpc) is 3.01. The second kappa shape index (κ2) is 6.16. The maximum atomic E-state index is 11.7. The fourth-order valence-corrected chi connectivity index (χ4v) is 2.48. The predicted molar refractivity (Wildman–Crippen MR) is 85.0 cm³/mol. The van der Waals surface area contributed by atoms with E-state index in [4.69, 9.17) is 14.2 Å². The number of anilines is 1. The van der Waals surface area contributed by atoms with Crippen molar-refractivity contribution in [1.82, 2.24) is 4.98 Å². The fraction of sp³-hybridized carbons (Fsp3) is 0.294. The van der Waals surface area contributed by atoms with Gasteiger partial charge in [0.05, 0.1) is 12.7 Å². The number of esters is 1. The fourth-order valence-electron chi connectivity index (χ4n) is 2.48. The van der Waals surface area contributed by atoms with Crippen LogP contribution >= 0.6 is 0 Å². The van der Waals surface area contributed by atoms with Crippen LogP contribution in [0.4, 0.5) is 5.82 Å². The highest BCUT2D eigenvalue weighted by molar-refractivity contribution is 5.90. The van der Waals surface area contributed by atoms with Gasteiger partial charge in [0.1, 0.15) is 5.82 Å². The van der Waals surface area contributed by atoms with E-state index in [9.17, 15) is 4.79 Å². The number of ether oxygens (including phenoxy) is 3. The van der Waals surface area contributed by atoms with Crippen LogP contribution in [0, 0.1) is 6.92 Å². The van der Waals surface area contributed by atoms with Gasteiger partial charge >= 0.3 is 5.97 Å². The van der Waals surface area contributed by atoms with Gasteiger partial charge in [0.2, 0.25) is 6.79 Å². The number of hydrogen-bond donors (Lipinski definition) is 0. The van der Waals surface area contributed by atoms with Gasteiger partial charge in [-0.15, -0.1) is 0 Å². The largest absolute Gasteiger partial charge is 0.465 e. The minimum absolute atomic E-state index is 0.260. The van der Waals surface area contributed by atoms with Crippen LogP contribution in [0.2, 0.25) is 0 Å². The van der Waals surface area contributed by atoms with Gasteiger partial charge < -0.3 is 19.1 Å². The Kier molecular flexibility index (Phi) is 4.06. The van der Waals surface area contributed by atoms with Gasteiger partial charge in [-0.2, -0.15) is 0 Å². The van der Waals surface area contributed by atoms with E-state index in [0.717, 1.165) is 22.8 Å². The van der Waals surface area contributed by atoms with Crippen molar-refractivity contribution >= 4 is 11.8 Å².